The topological polar surface area (TPSA) is 29.9 Å². The standard InChI is InChI=1S/C13H21N3/c1-4-7-14-12-15-8-9-16(12)11-5-6-13(2,3)10-11/h4,8-9,11H,1,5-7,10H2,2-3H3,(H,14,15). The molecule has 16 heavy (non-hydrogen) atoms. The third-order valence-electron chi connectivity index (χ3n) is 3.41. The molecule has 1 aliphatic rings. The normalized spacial score (nSPS) is 23.2. The molecule has 0 amide bonds. The largest absolute Gasteiger partial charge is 0.352 e. The van der Waals surface area contributed by atoms with E-state index in [1.165, 1.54) is 19.3 Å². The van der Waals surface area contributed by atoms with Crippen molar-refractivity contribution in [2.45, 2.75) is 39.2 Å². The molecule has 0 spiro atoms. The zero-order valence-electron chi connectivity index (χ0n) is 10.2. The summed E-state index contributed by atoms with van der Waals surface area (Å²) in [5.74, 6) is 0.975. The van der Waals surface area contributed by atoms with Gasteiger partial charge in [-0.3, -0.25) is 0 Å². The molecular weight excluding hydrogens is 198 g/mol. The SMILES string of the molecule is C=CCNc1nccn1C1CCC(C)(C)C1. The van der Waals surface area contributed by atoms with E-state index in [-0.39, 0.29) is 0 Å². The lowest BCUT2D eigenvalue weighted by atomic mass is 9.92. The highest BCUT2D eigenvalue weighted by atomic mass is 15.2. The van der Waals surface area contributed by atoms with Crippen molar-refractivity contribution in [2.75, 3.05) is 11.9 Å². The minimum atomic E-state index is 0.477. The van der Waals surface area contributed by atoms with Crippen molar-refractivity contribution in [1.82, 2.24) is 9.55 Å². The predicted octanol–water partition coefficient (Wildman–Crippen LogP) is 3.23. The molecule has 1 heterocycles. The monoisotopic (exact) mass is 219 g/mol. The molecule has 2 rings (SSSR count). The molecule has 3 heteroatoms. The van der Waals surface area contributed by atoms with Crippen LogP contribution in [-0.2, 0) is 0 Å². The first-order valence-corrected chi connectivity index (χ1v) is 6.00. The Labute approximate surface area is 97.6 Å². The van der Waals surface area contributed by atoms with Crippen LogP contribution in [0.25, 0.3) is 0 Å². The number of rotatable bonds is 4. The summed E-state index contributed by atoms with van der Waals surface area (Å²) in [4.78, 5) is 4.35. The van der Waals surface area contributed by atoms with Crippen molar-refractivity contribution in [3.05, 3.63) is 25.0 Å². The van der Waals surface area contributed by atoms with E-state index in [4.69, 9.17) is 0 Å². The Morgan fingerprint density at radius 2 is 2.50 bits per heavy atom. The lowest BCUT2D eigenvalue weighted by Crippen LogP contribution is -2.12. The van der Waals surface area contributed by atoms with Crippen LogP contribution in [0.1, 0.15) is 39.2 Å². The number of aromatic nitrogens is 2. The maximum absolute atomic E-state index is 4.35. The molecule has 1 fully saturated rings. The minimum absolute atomic E-state index is 0.477. The summed E-state index contributed by atoms with van der Waals surface area (Å²) >= 11 is 0. The molecule has 1 N–H and O–H groups in total. The lowest BCUT2D eigenvalue weighted by Gasteiger charge is -2.19. The summed E-state index contributed by atoms with van der Waals surface area (Å²) in [7, 11) is 0. The average Bonchev–Trinajstić information content (AvgIpc) is 2.81. The lowest BCUT2D eigenvalue weighted by molar-refractivity contribution is 0.359. The fourth-order valence-electron chi connectivity index (χ4n) is 2.54. The van der Waals surface area contributed by atoms with Gasteiger partial charge in [-0.25, -0.2) is 4.98 Å². The molecule has 0 aromatic carbocycles. The van der Waals surface area contributed by atoms with Gasteiger partial charge in [0.1, 0.15) is 0 Å². The molecule has 1 saturated carbocycles. The van der Waals surface area contributed by atoms with E-state index in [0.29, 0.717) is 11.5 Å². The van der Waals surface area contributed by atoms with Gasteiger partial charge in [-0.1, -0.05) is 19.9 Å². The van der Waals surface area contributed by atoms with Crippen molar-refractivity contribution in [2.24, 2.45) is 5.41 Å². The van der Waals surface area contributed by atoms with E-state index in [0.717, 1.165) is 12.5 Å². The second-order valence-electron chi connectivity index (χ2n) is 5.39. The van der Waals surface area contributed by atoms with E-state index in [2.05, 4.69) is 41.5 Å². The van der Waals surface area contributed by atoms with Gasteiger partial charge in [0.2, 0.25) is 5.95 Å². The number of anilines is 1. The first-order chi connectivity index (χ1) is 7.62. The number of nitrogens with one attached hydrogen (secondary N) is 1. The van der Waals surface area contributed by atoms with Crippen LogP contribution < -0.4 is 5.32 Å². The quantitative estimate of drug-likeness (QED) is 0.788. The van der Waals surface area contributed by atoms with Gasteiger partial charge < -0.3 is 9.88 Å². The molecule has 1 atom stereocenters. The summed E-state index contributed by atoms with van der Waals surface area (Å²) in [5, 5.41) is 3.28. The maximum Gasteiger partial charge on any atom is 0.203 e. The summed E-state index contributed by atoms with van der Waals surface area (Å²) in [5.41, 5.74) is 0.477. The zero-order chi connectivity index (χ0) is 11.6. The molecule has 88 valence electrons. The van der Waals surface area contributed by atoms with Crippen LogP contribution >= 0.6 is 0 Å². The average molecular weight is 219 g/mol. The Morgan fingerprint density at radius 3 is 3.12 bits per heavy atom. The maximum atomic E-state index is 4.35. The summed E-state index contributed by atoms with van der Waals surface area (Å²) in [6.07, 6.45) is 9.61. The van der Waals surface area contributed by atoms with Crippen LogP contribution in [0.4, 0.5) is 5.95 Å². The van der Waals surface area contributed by atoms with Crippen LogP contribution in [0.2, 0.25) is 0 Å². The molecule has 0 aliphatic heterocycles. The Morgan fingerprint density at radius 1 is 1.69 bits per heavy atom. The van der Waals surface area contributed by atoms with E-state index in [1.54, 1.807) is 0 Å². The second kappa shape index (κ2) is 4.32. The van der Waals surface area contributed by atoms with Gasteiger partial charge in [0.15, 0.2) is 0 Å². The highest BCUT2D eigenvalue weighted by molar-refractivity contribution is 5.28. The third-order valence-corrected chi connectivity index (χ3v) is 3.41. The van der Waals surface area contributed by atoms with Crippen LogP contribution in [0, 0.1) is 5.41 Å². The molecule has 1 aliphatic carbocycles. The van der Waals surface area contributed by atoms with Crippen LogP contribution in [0.15, 0.2) is 25.0 Å². The molecule has 0 radical (unpaired) electrons. The number of nitrogens with zero attached hydrogens (tertiary/aromatic N) is 2. The number of imidazole rings is 1. The smallest absolute Gasteiger partial charge is 0.203 e. The van der Waals surface area contributed by atoms with E-state index in [9.17, 15) is 0 Å². The van der Waals surface area contributed by atoms with Crippen molar-refractivity contribution in [3.8, 4) is 0 Å². The van der Waals surface area contributed by atoms with Crippen molar-refractivity contribution in [1.29, 1.82) is 0 Å². The molecule has 1 aromatic rings. The Balaban J connectivity index is 2.09. The molecule has 3 nitrogen and oxygen atoms in total. The van der Waals surface area contributed by atoms with E-state index < -0.39 is 0 Å². The highest BCUT2D eigenvalue weighted by Gasteiger charge is 2.32. The molecular formula is C13H21N3. The molecule has 1 aromatic heterocycles. The van der Waals surface area contributed by atoms with E-state index >= 15 is 0 Å². The predicted molar refractivity (Wildman–Crippen MR) is 67.6 cm³/mol. The minimum Gasteiger partial charge on any atom is -0.352 e. The van der Waals surface area contributed by atoms with E-state index in [1.807, 2.05) is 12.3 Å². The Bertz CT molecular complexity index is 365. The van der Waals surface area contributed by atoms with Gasteiger partial charge in [0.05, 0.1) is 0 Å². The van der Waals surface area contributed by atoms with Gasteiger partial charge in [0, 0.05) is 25.0 Å². The van der Waals surface area contributed by atoms with Crippen molar-refractivity contribution in [3.63, 3.8) is 0 Å². The van der Waals surface area contributed by atoms with Crippen molar-refractivity contribution >= 4 is 5.95 Å². The van der Waals surface area contributed by atoms with Gasteiger partial charge in [-0.2, -0.15) is 0 Å². The Kier molecular flexibility index (Phi) is 3.03. The molecule has 0 bridgehead atoms. The van der Waals surface area contributed by atoms with Gasteiger partial charge in [-0.05, 0) is 24.7 Å². The highest BCUT2D eigenvalue weighted by Crippen LogP contribution is 2.44. The van der Waals surface area contributed by atoms with Gasteiger partial charge in [-0.15, -0.1) is 6.58 Å². The van der Waals surface area contributed by atoms with Crippen LogP contribution in [-0.4, -0.2) is 16.1 Å². The third kappa shape index (κ3) is 2.29. The van der Waals surface area contributed by atoms with Gasteiger partial charge >= 0.3 is 0 Å². The number of hydrogen-bond acceptors (Lipinski definition) is 2. The Hall–Kier alpha value is -1.25. The zero-order valence-corrected chi connectivity index (χ0v) is 10.2. The summed E-state index contributed by atoms with van der Waals surface area (Å²) in [6.45, 7) is 9.18. The fourth-order valence-corrected chi connectivity index (χ4v) is 2.54. The summed E-state index contributed by atoms with van der Waals surface area (Å²) in [6, 6.07) is 0.602. The fraction of sp³-hybridized carbons (Fsp3) is 0.615. The van der Waals surface area contributed by atoms with Crippen LogP contribution in [0.5, 0.6) is 0 Å². The second-order valence-corrected chi connectivity index (χ2v) is 5.39. The number of hydrogen-bond donors (Lipinski definition) is 1. The van der Waals surface area contributed by atoms with Gasteiger partial charge in [0.25, 0.3) is 0 Å². The summed E-state index contributed by atoms with van der Waals surface area (Å²) < 4.78 is 2.28. The first-order valence-electron chi connectivity index (χ1n) is 6.00. The first kappa shape index (κ1) is 11.2. The molecule has 0 saturated heterocycles. The molecule has 1 unspecified atom stereocenters. The van der Waals surface area contributed by atoms with Crippen LogP contribution in [0.3, 0.4) is 0 Å². The van der Waals surface area contributed by atoms with Crippen molar-refractivity contribution < 1.29 is 0 Å².